The topological polar surface area (TPSA) is 52.6 Å². The van der Waals surface area contributed by atoms with Crippen molar-refractivity contribution in [2.45, 2.75) is 19.3 Å². The van der Waals surface area contributed by atoms with Crippen molar-refractivity contribution in [3.63, 3.8) is 0 Å². The van der Waals surface area contributed by atoms with Gasteiger partial charge in [-0.1, -0.05) is 0 Å². The minimum Gasteiger partial charge on any atom is -0.453 e. The molecular weight excluding hydrogens is 286 g/mol. The molecule has 0 aromatic rings. The summed E-state index contributed by atoms with van der Waals surface area (Å²) in [5, 5.41) is 0. The maximum Gasteiger partial charge on any atom is 0.422 e. The number of carbonyl (C=O) groups is 2. The molecule has 0 aliphatic heterocycles. The van der Waals surface area contributed by atoms with Gasteiger partial charge in [0.2, 0.25) is 0 Å². The summed E-state index contributed by atoms with van der Waals surface area (Å²) < 4.78 is 77.4. The van der Waals surface area contributed by atoms with Crippen LogP contribution in [0.4, 0.5) is 26.3 Å². The third-order valence-electron chi connectivity index (χ3n) is 1.40. The number of ether oxygens (including phenoxy) is 2. The second kappa shape index (κ2) is 6.43. The second-order valence-corrected chi connectivity index (χ2v) is 3.24. The molecular formula is C9H8F6O4. The zero-order valence-corrected chi connectivity index (χ0v) is 9.39. The Balaban J connectivity index is 4.31. The fraction of sp³-hybridized carbons (Fsp3) is 0.556. The second-order valence-electron chi connectivity index (χ2n) is 3.24. The number of esters is 2. The first-order valence-electron chi connectivity index (χ1n) is 4.56. The summed E-state index contributed by atoms with van der Waals surface area (Å²) in [5.41, 5.74) is -0.614. The van der Waals surface area contributed by atoms with Crippen molar-refractivity contribution in [3.8, 4) is 0 Å². The van der Waals surface area contributed by atoms with Crippen LogP contribution in [0.5, 0.6) is 0 Å². The highest BCUT2D eigenvalue weighted by atomic mass is 19.4. The van der Waals surface area contributed by atoms with E-state index in [1.54, 1.807) is 0 Å². The van der Waals surface area contributed by atoms with Crippen LogP contribution in [-0.2, 0) is 19.1 Å². The van der Waals surface area contributed by atoms with E-state index >= 15 is 0 Å². The summed E-state index contributed by atoms with van der Waals surface area (Å²) in [6.07, 6.45) is -9.18. The van der Waals surface area contributed by atoms with Crippen molar-refractivity contribution in [3.05, 3.63) is 11.6 Å². The maximum absolute atomic E-state index is 11.7. The van der Waals surface area contributed by atoms with Crippen LogP contribution < -0.4 is 0 Å². The fourth-order valence-corrected chi connectivity index (χ4v) is 0.692. The van der Waals surface area contributed by atoms with E-state index in [2.05, 4.69) is 9.47 Å². The van der Waals surface area contributed by atoms with Gasteiger partial charge >= 0.3 is 24.3 Å². The van der Waals surface area contributed by atoms with Gasteiger partial charge in [0.05, 0.1) is 0 Å². The summed E-state index contributed by atoms with van der Waals surface area (Å²) in [7, 11) is 0. The Kier molecular flexibility index (Phi) is 5.84. The zero-order valence-electron chi connectivity index (χ0n) is 9.39. The van der Waals surface area contributed by atoms with Crippen LogP contribution in [0.3, 0.4) is 0 Å². The SMILES string of the molecule is C/C(=C\C(=O)OCC(F)(F)F)C(=O)OCC(F)(F)F. The molecule has 0 N–H and O–H groups in total. The van der Waals surface area contributed by atoms with Gasteiger partial charge in [0.1, 0.15) is 0 Å². The van der Waals surface area contributed by atoms with E-state index in [1.807, 2.05) is 0 Å². The molecule has 0 fully saturated rings. The molecule has 0 heterocycles. The smallest absolute Gasteiger partial charge is 0.422 e. The molecule has 0 atom stereocenters. The van der Waals surface area contributed by atoms with Gasteiger partial charge in [-0.3, -0.25) is 0 Å². The number of hydrogen-bond acceptors (Lipinski definition) is 4. The molecule has 0 radical (unpaired) electrons. The number of hydrogen-bond donors (Lipinski definition) is 0. The minimum atomic E-state index is -4.74. The fourth-order valence-electron chi connectivity index (χ4n) is 0.692. The Hall–Kier alpha value is -1.74. The molecule has 0 bridgehead atoms. The van der Waals surface area contributed by atoms with Gasteiger partial charge in [-0.2, -0.15) is 26.3 Å². The van der Waals surface area contributed by atoms with Crippen molar-refractivity contribution < 1.29 is 45.4 Å². The number of rotatable bonds is 4. The van der Waals surface area contributed by atoms with E-state index in [9.17, 15) is 35.9 Å². The van der Waals surface area contributed by atoms with E-state index in [0.717, 1.165) is 6.92 Å². The first-order chi connectivity index (χ1) is 8.41. The molecule has 0 aromatic heterocycles. The molecule has 0 unspecified atom stereocenters. The van der Waals surface area contributed by atoms with Crippen molar-refractivity contribution in [1.29, 1.82) is 0 Å². The Morgan fingerprint density at radius 2 is 1.37 bits per heavy atom. The van der Waals surface area contributed by atoms with Crippen molar-refractivity contribution >= 4 is 11.9 Å². The summed E-state index contributed by atoms with van der Waals surface area (Å²) in [6.45, 7) is -2.84. The highest BCUT2D eigenvalue weighted by Gasteiger charge is 2.30. The minimum absolute atomic E-state index is 0.310. The standard InChI is InChI=1S/C9H8F6O4/c1-5(7(17)19-4-9(13,14)15)2-6(16)18-3-8(10,11)12/h2H,3-4H2,1H3/b5-2+. The molecule has 0 aliphatic carbocycles. The lowest BCUT2D eigenvalue weighted by Gasteiger charge is -2.08. The van der Waals surface area contributed by atoms with E-state index in [4.69, 9.17) is 0 Å². The predicted octanol–water partition coefficient (Wildman–Crippen LogP) is 2.14. The normalized spacial score (nSPS) is 13.1. The van der Waals surface area contributed by atoms with E-state index in [1.165, 1.54) is 0 Å². The van der Waals surface area contributed by atoms with Gasteiger partial charge in [0, 0.05) is 11.6 Å². The molecule has 0 aromatic carbocycles. The van der Waals surface area contributed by atoms with Gasteiger partial charge in [-0.15, -0.1) is 0 Å². The molecule has 0 rings (SSSR count). The number of carbonyl (C=O) groups excluding carboxylic acids is 2. The predicted molar refractivity (Wildman–Crippen MR) is 47.8 cm³/mol. The Bertz CT molecular complexity index is 368. The quantitative estimate of drug-likeness (QED) is 0.453. The lowest BCUT2D eigenvalue weighted by atomic mass is 10.3. The summed E-state index contributed by atoms with van der Waals surface area (Å²) >= 11 is 0. The molecule has 0 spiro atoms. The summed E-state index contributed by atoms with van der Waals surface area (Å²) in [6, 6.07) is 0. The molecule has 4 nitrogen and oxygen atoms in total. The van der Waals surface area contributed by atoms with Crippen molar-refractivity contribution in [1.82, 2.24) is 0 Å². The van der Waals surface area contributed by atoms with Crippen LogP contribution in [0.2, 0.25) is 0 Å². The maximum atomic E-state index is 11.7. The zero-order chi connectivity index (χ0) is 15.3. The molecule has 19 heavy (non-hydrogen) atoms. The number of alkyl halides is 6. The summed E-state index contributed by atoms with van der Waals surface area (Å²) in [4.78, 5) is 21.7. The van der Waals surface area contributed by atoms with Crippen molar-refractivity contribution in [2.75, 3.05) is 13.2 Å². The molecule has 110 valence electrons. The van der Waals surface area contributed by atoms with Crippen LogP contribution in [0.25, 0.3) is 0 Å². The average molecular weight is 294 g/mol. The highest BCUT2D eigenvalue weighted by Crippen LogP contribution is 2.16. The Morgan fingerprint density at radius 1 is 0.947 bits per heavy atom. The van der Waals surface area contributed by atoms with Gasteiger partial charge < -0.3 is 9.47 Å². The third kappa shape index (κ3) is 9.92. The van der Waals surface area contributed by atoms with E-state index in [-0.39, 0.29) is 0 Å². The largest absolute Gasteiger partial charge is 0.453 e. The van der Waals surface area contributed by atoms with Crippen LogP contribution >= 0.6 is 0 Å². The van der Waals surface area contributed by atoms with Gasteiger partial charge in [-0.05, 0) is 6.92 Å². The van der Waals surface area contributed by atoms with Crippen LogP contribution in [0, 0.1) is 0 Å². The van der Waals surface area contributed by atoms with Gasteiger partial charge in [0.25, 0.3) is 0 Å². The third-order valence-corrected chi connectivity index (χ3v) is 1.40. The highest BCUT2D eigenvalue weighted by molar-refractivity contribution is 5.95. The van der Waals surface area contributed by atoms with Gasteiger partial charge in [0.15, 0.2) is 13.2 Å². The lowest BCUT2D eigenvalue weighted by Crippen LogP contribution is -2.22. The van der Waals surface area contributed by atoms with Gasteiger partial charge in [-0.25, -0.2) is 9.59 Å². The Morgan fingerprint density at radius 3 is 1.79 bits per heavy atom. The molecule has 0 aliphatic rings. The molecule has 0 amide bonds. The first kappa shape index (κ1) is 17.3. The van der Waals surface area contributed by atoms with Crippen molar-refractivity contribution in [2.24, 2.45) is 0 Å². The average Bonchev–Trinajstić information content (AvgIpc) is 2.21. The molecule has 0 saturated heterocycles. The number of halogens is 6. The van der Waals surface area contributed by atoms with Crippen LogP contribution in [0.1, 0.15) is 6.92 Å². The Labute approximate surface area is 103 Å². The van der Waals surface area contributed by atoms with Crippen LogP contribution in [-0.4, -0.2) is 37.5 Å². The lowest BCUT2D eigenvalue weighted by molar-refractivity contribution is -0.184. The van der Waals surface area contributed by atoms with E-state index < -0.39 is 43.1 Å². The van der Waals surface area contributed by atoms with E-state index in [0.29, 0.717) is 6.08 Å². The molecule has 10 heteroatoms. The molecule has 0 saturated carbocycles. The first-order valence-corrected chi connectivity index (χ1v) is 4.56. The summed E-state index contributed by atoms with van der Waals surface area (Å²) in [5.74, 6) is -3.00. The monoisotopic (exact) mass is 294 g/mol. The van der Waals surface area contributed by atoms with Crippen LogP contribution in [0.15, 0.2) is 11.6 Å².